The fourth-order valence-electron chi connectivity index (χ4n) is 3.48. The minimum atomic E-state index is -4.27. The van der Waals surface area contributed by atoms with Crippen LogP contribution in [0.5, 0.6) is 0 Å². The highest BCUT2D eigenvalue weighted by molar-refractivity contribution is 8.03. The number of thiazole rings is 1. The second-order valence-electron chi connectivity index (χ2n) is 7.81. The highest BCUT2D eigenvalue weighted by atomic mass is 35.5. The van der Waals surface area contributed by atoms with Gasteiger partial charge in [0.05, 0.1) is 28.9 Å². The molecule has 1 aliphatic rings. The third-order valence-corrected chi connectivity index (χ3v) is 8.56. The number of nitrogens with zero attached hydrogens (tertiary/aromatic N) is 6. The van der Waals surface area contributed by atoms with Gasteiger partial charge in [-0.05, 0) is 73.4 Å². The maximum absolute atomic E-state index is 10.4. The Bertz CT molecular complexity index is 1640. The van der Waals surface area contributed by atoms with Crippen LogP contribution >= 0.6 is 46.3 Å². The molecule has 1 aromatic carbocycles. The van der Waals surface area contributed by atoms with Crippen LogP contribution in [0.4, 0.5) is 5.82 Å². The van der Waals surface area contributed by atoms with E-state index in [9.17, 15) is 13.0 Å². The molecule has 0 amide bonds. The molecule has 0 spiro atoms. The van der Waals surface area contributed by atoms with E-state index in [1.54, 1.807) is 47.6 Å². The molecule has 3 aromatic heterocycles. The molecular weight excluding hydrogens is 587 g/mol. The Morgan fingerprint density at radius 3 is 2.42 bits per heavy atom. The second-order valence-corrected chi connectivity index (χ2v) is 12.0. The zero-order chi connectivity index (χ0) is 27.4. The van der Waals surface area contributed by atoms with E-state index in [1.807, 2.05) is 13.0 Å². The van der Waals surface area contributed by atoms with E-state index in [2.05, 4.69) is 55.4 Å². The molecule has 38 heavy (non-hydrogen) atoms. The monoisotopic (exact) mass is 608 g/mol. The number of rotatable bonds is 5. The van der Waals surface area contributed by atoms with Gasteiger partial charge < -0.3 is 9.45 Å². The van der Waals surface area contributed by atoms with Crippen LogP contribution in [-0.2, 0) is 16.7 Å². The SMILES string of the molecule is CCN1C(=CC=Cc2sc3ncc(Cl)nc3[n+]2CC)Sc2ncc(Cl)nc21.Cc1ccc(S(=O)(=O)[O-])cc1. The number of thioether (sulfide) groups is 1. The van der Waals surface area contributed by atoms with E-state index in [1.165, 1.54) is 12.1 Å². The van der Waals surface area contributed by atoms with Gasteiger partial charge in [-0.25, -0.2) is 27.9 Å². The molecule has 0 unspecified atom stereocenters. The molecule has 198 valence electrons. The van der Waals surface area contributed by atoms with Gasteiger partial charge in [0.1, 0.15) is 20.3 Å². The number of hydrogen-bond acceptors (Lipinski definition) is 10. The third-order valence-electron chi connectivity index (χ3n) is 5.25. The summed E-state index contributed by atoms with van der Waals surface area (Å²) < 4.78 is 33.3. The first kappa shape index (κ1) is 28.4. The third kappa shape index (κ3) is 6.50. The van der Waals surface area contributed by atoms with Gasteiger partial charge in [0, 0.05) is 6.54 Å². The van der Waals surface area contributed by atoms with Gasteiger partial charge in [0.2, 0.25) is 4.83 Å². The maximum atomic E-state index is 10.4. The Kier molecular flexibility index (Phi) is 9.01. The first-order valence-corrected chi connectivity index (χ1v) is 15.1. The molecule has 0 N–H and O–H groups in total. The molecule has 0 atom stereocenters. The summed E-state index contributed by atoms with van der Waals surface area (Å²) in [6, 6.07) is 5.78. The minimum Gasteiger partial charge on any atom is -0.744 e. The summed E-state index contributed by atoms with van der Waals surface area (Å²) in [5, 5.41) is 3.80. The van der Waals surface area contributed by atoms with Crippen molar-refractivity contribution < 1.29 is 17.5 Å². The smallest absolute Gasteiger partial charge is 0.362 e. The minimum absolute atomic E-state index is 0.178. The first-order chi connectivity index (χ1) is 18.1. The summed E-state index contributed by atoms with van der Waals surface area (Å²) in [7, 11) is -4.27. The van der Waals surface area contributed by atoms with Crippen molar-refractivity contribution in [3.8, 4) is 0 Å². The van der Waals surface area contributed by atoms with Crippen LogP contribution in [-0.4, -0.2) is 39.5 Å². The van der Waals surface area contributed by atoms with E-state index in [0.717, 1.165) is 50.0 Å². The van der Waals surface area contributed by atoms with Gasteiger partial charge >= 0.3 is 5.65 Å². The Labute approximate surface area is 238 Å². The lowest BCUT2D eigenvalue weighted by molar-refractivity contribution is -0.667. The van der Waals surface area contributed by atoms with Crippen LogP contribution in [0.3, 0.4) is 0 Å². The zero-order valence-electron chi connectivity index (χ0n) is 20.5. The van der Waals surface area contributed by atoms with Gasteiger partial charge in [-0.2, -0.15) is 0 Å². The van der Waals surface area contributed by atoms with Crippen molar-refractivity contribution in [2.75, 3.05) is 11.4 Å². The van der Waals surface area contributed by atoms with Crippen molar-refractivity contribution in [3.63, 3.8) is 0 Å². The average molecular weight is 610 g/mol. The van der Waals surface area contributed by atoms with Crippen molar-refractivity contribution in [2.24, 2.45) is 0 Å². The number of hydrogen-bond donors (Lipinski definition) is 0. The van der Waals surface area contributed by atoms with Gasteiger partial charge in [-0.15, -0.1) is 0 Å². The van der Waals surface area contributed by atoms with E-state index in [-0.39, 0.29) is 4.90 Å². The lowest BCUT2D eigenvalue weighted by Gasteiger charge is -2.15. The summed E-state index contributed by atoms with van der Waals surface area (Å²) in [6.45, 7) is 7.56. The number of allylic oxidation sites excluding steroid dienone is 2. The normalized spacial score (nSPS) is 14.3. The van der Waals surface area contributed by atoms with Crippen molar-refractivity contribution in [1.29, 1.82) is 0 Å². The van der Waals surface area contributed by atoms with Crippen LogP contribution in [0.1, 0.15) is 24.4 Å². The molecular formula is C24H22Cl2N6O3S3. The Morgan fingerprint density at radius 1 is 1.08 bits per heavy atom. The maximum Gasteiger partial charge on any atom is 0.362 e. The van der Waals surface area contributed by atoms with Crippen molar-refractivity contribution in [1.82, 2.24) is 19.9 Å². The molecule has 14 heteroatoms. The molecule has 0 saturated heterocycles. The Morgan fingerprint density at radius 2 is 1.76 bits per heavy atom. The van der Waals surface area contributed by atoms with Gasteiger partial charge in [-0.1, -0.05) is 46.7 Å². The Hall–Kier alpha value is -2.61. The molecule has 4 aromatic rings. The highest BCUT2D eigenvalue weighted by Crippen LogP contribution is 2.43. The van der Waals surface area contributed by atoms with Crippen LogP contribution < -0.4 is 9.47 Å². The molecule has 0 saturated carbocycles. The highest BCUT2D eigenvalue weighted by Gasteiger charge is 2.26. The van der Waals surface area contributed by atoms with E-state index in [4.69, 9.17) is 23.2 Å². The topological polar surface area (TPSA) is 116 Å². The predicted octanol–water partition coefficient (Wildman–Crippen LogP) is 5.48. The first-order valence-electron chi connectivity index (χ1n) is 11.3. The number of anilines is 1. The number of aryl methyl sites for hydroxylation is 2. The average Bonchev–Trinajstić information content (AvgIpc) is 3.40. The summed E-state index contributed by atoms with van der Waals surface area (Å²) >= 11 is 15.2. The fraction of sp³-hybridized carbons (Fsp3) is 0.208. The molecule has 0 bridgehead atoms. The van der Waals surface area contributed by atoms with E-state index >= 15 is 0 Å². The van der Waals surface area contributed by atoms with Crippen LogP contribution in [0.2, 0.25) is 10.3 Å². The molecule has 1 aliphatic heterocycles. The Balaban J connectivity index is 0.000000257. The summed E-state index contributed by atoms with van der Waals surface area (Å²) in [6.07, 6.45) is 9.29. The van der Waals surface area contributed by atoms with E-state index < -0.39 is 10.1 Å². The van der Waals surface area contributed by atoms with Crippen molar-refractivity contribution in [2.45, 2.75) is 37.2 Å². The van der Waals surface area contributed by atoms with Crippen molar-refractivity contribution in [3.05, 3.63) is 74.7 Å². The number of aromatic nitrogens is 5. The molecule has 9 nitrogen and oxygen atoms in total. The zero-order valence-corrected chi connectivity index (χ0v) is 24.5. The molecule has 0 radical (unpaired) electrons. The number of fused-ring (bicyclic) bond motifs is 2. The standard InChI is InChI=1S/C17H15Cl2N6S2.C7H8O3S/c1-3-24-12(26-16-14(24)22-10(18)8-20-16)6-5-7-13-25(4-2)15-17(27-13)21-9-11(19)23-15;1-6-2-4-7(5-3-6)11(8,9)10/h5-9H,3-4H2,1-2H3;2-5H,1H3,(H,8,9,10)/q+1;/p-1. The molecule has 4 heterocycles. The van der Waals surface area contributed by atoms with E-state index in [0.29, 0.717) is 10.3 Å². The number of halogens is 2. The van der Waals surface area contributed by atoms with Crippen LogP contribution in [0.15, 0.2) is 63.8 Å². The molecule has 5 rings (SSSR count). The summed E-state index contributed by atoms with van der Waals surface area (Å²) in [4.78, 5) is 20.3. The summed E-state index contributed by atoms with van der Waals surface area (Å²) in [5.41, 5.74) is 1.74. The predicted molar refractivity (Wildman–Crippen MR) is 150 cm³/mol. The molecule has 0 aliphatic carbocycles. The van der Waals surface area contributed by atoms with Gasteiger partial charge in [-0.3, -0.25) is 0 Å². The van der Waals surface area contributed by atoms with Crippen LogP contribution in [0.25, 0.3) is 16.6 Å². The quantitative estimate of drug-likeness (QED) is 0.214. The van der Waals surface area contributed by atoms with Gasteiger partial charge in [0.15, 0.2) is 10.8 Å². The second kappa shape index (κ2) is 12.1. The fourth-order valence-corrected chi connectivity index (χ4v) is 6.26. The largest absolute Gasteiger partial charge is 0.744 e. The van der Waals surface area contributed by atoms with Crippen LogP contribution in [0, 0.1) is 6.92 Å². The van der Waals surface area contributed by atoms with Gasteiger partial charge in [0.25, 0.3) is 5.15 Å². The summed E-state index contributed by atoms with van der Waals surface area (Å²) in [5.74, 6) is 0.808. The lowest BCUT2D eigenvalue weighted by Crippen LogP contribution is -2.34. The van der Waals surface area contributed by atoms with Crippen molar-refractivity contribution >= 4 is 78.8 Å². The number of benzene rings is 1. The molecule has 0 fully saturated rings. The lowest BCUT2D eigenvalue weighted by atomic mass is 10.2.